The maximum Gasteiger partial charge on any atom is 0.251 e. The smallest absolute Gasteiger partial charge is 0.251 e. The van der Waals surface area contributed by atoms with Crippen LogP contribution in [-0.4, -0.2) is 51.8 Å². The van der Waals surface area contributed by atoms with Crippen molar-refractivity contribution >= 4 is 28.9 Å². The van der Waals surface area contributed by atoms with E-state index >= 15 is 0 Å². The first-order valence-corrected chi connectivity index (χ1v) is 15.4. The molecule has 0 radical (unpaired) electrons. The first-order valence-electron chi connectivity index (χ1n) is 15.0. The third-order valence-electron chi connectivity index (χ3n) is 9.57. The first-order chi connectivity index (χ1) is 21.5. The molecule has 2 amide bonds. The molecule has 0 spiro atoms. The van der Waals surface area contributed by atoms with Gasteiger partial charge < -0.3 is 25.6 Å². The van der Waals surface area contributed by atoms with Gasteiger partial charge in [-0.25, -0.2) is 13.9 Å². The molecule has 45 heavy (non-hydrogen) atoms. The topological polar surface area (TPSA) is 141 Å². The zero-order chi connectivity index (χ0) is 31.7. The minimum absolute atomic E-state index is 0.0359. The van der Waals surface area contributed by atoms with Gasteiger partial charge in [0.1, 0.15) is 34.9 Å². The predicted octanol–water partition coefficient (Wildman–Crippen LogP) is 4.63. The fraction of sp³-hybridized carbons (Fsp3) is 0.394. The van der Waals surface area contributed by atoms with Crippen LogP contribution in [0.1, 0.15) is 72.3 Å². The number of benzene rings is 1. The molecule has 7 rings (SSSR count). The van der Waals surface area contributed by atoms with Crippen molar-refractivity contribution in [1.82, 2.24) is 19.9 Å². The van der Waals surface area contributed by atoms with E-state index in [0.717, 1.165) is 30.5 Å². The van der Waals surface area contributed by atoms with Gasteiger partial charge in [0, 0.05) is 28.7 Å². The van der Waals surface area contributed by atoms with E-state index in [0.29, 0.717) is 41.3 Å². The molecule has 2 aliphatic carbocycles. The molecular weight excluding hydrogens is 601 g/mol. The van der Waals surface area contributed by atoms with Crippen molar-refractivity contribution in [3.05, 3.63) is 75.8 Å². The van der Waals surface area contributed by atoms with Crippen LogP contribution in [-0.2, 0) is 15.8 Å². The maximum absolute atomic E-state index is 14.6. The van der Waals surface area contributed by atoms with Gasteiger partial charge in [-0.15, -0.1) is 0 Å². The number of fused-ring (bicyclic) bond motifs is 2. The highest BCUT2D eigenvalue weighted by molar-refractivity contribution is 6.30. The Labute approximate surface area is 263 Å². The molecule has 10 nitrogen and oxygen atoms in total. The predicted molar refractivity (Wildman–Crippen MR) is 164 cm³/mol. The van der Waals surface area contributed by atoms with E-state index in [9.17, 15) is 19.1 Å². The van der Waals surface area contributed by atoms with Crippen LogP contribution in [0.25, 0.3) is 16.8 Å². The van der Waals surface area contributed by atoms with Crippen molar-refractivity contribution in [2.24, 2.45) is 11.7 Å². The van der Waals surface area contributed by atoms with Gasteiger partial charge in [0.2, 0.25) is 11.8 Å². The highest BCUT2D eigenvalue weighted by Crippen LogP contribution is 2.49. The summed E-state index contributed by atoms with van der Waals surface area (Å²) in [6.07, 6.45) is 4.50. The van der Waals surface area contributed by atoms with E-state index in [-0.39, 0.29) is 41.2 Å². The van der Waals surface area contributed by atoms with Crippen LogP contribution in [0.5, 0.6) is 11.6 Å². The number of pyridine rings is 2. The molecule has 234 valence electrons. The lowest BCUT2D eigenvalue weighted by Crippen LogP contribution is -2.49. The Morgan fingerprint density at radius 3 is 2.64 bits per heavy atom. The molecule has 4 heterocycles. The largest absolute Gasteiger partial charge is 0.489 e. The molecule has 0 unspecified atom stereocenters. The molecular formula is C33H33ClFN5O5. The van der Waals surface area contributed by atoms with Crippen LogP contribution < -0.4 is 20.5 Å². The summed E-state index contributed by atoms with van der Waals surface area (Å²) in [4.78, 5) is 31.1. The molecule has 2 saturated carbocycles. The summed E-state index contributed by atoms with van der Waals surface area (Å²) in [7, 11) is 1.53. The maximum atomic E-state index is 14.6. The Bertz CT molecular complexity index is 1870. The Morgan fingerprint density at radius 1 is 1.22 bits per heavy atom. The van der Waals surface area contributed by atoms with Gasteiger partial charge in [0.25, 0.3) is 5.91 Å². The number of carbonyl (C=O) groups is 2. The van der Waals surface area contributed by atoms with Crippen molar-refractivity contribution < 1.29 is 28.6 Å². The summed E-state index contributed by atoms with van der Waals surface area (Å²) < 4.78 is 27.8. The second kappa shape index (κ2) is 10.7. The quantitative estimate of drug-likeness (QED) is 0.244. The Morgan fingerprint density at radius 2 is 2.00 bits per heavy atom. The monoisotopic (exact) mass is 633 g/mol. The number of rotatable bonds is 9. The number of aromatic nitrogens is 3. The highest BCUT2D eigenvalue weighted by Gasteiger charge is 2.48. The third-order valence-corrected chi connectivity index (χ3v) is 9.87. The fourth-order valence-corrected chi connectivity index (χ4v) is 6.36. The number of nitrogens with zero attached hydrogens (tertiary/aromatic N) is 3. The SMILES string of the molecule is COc1cc(C(=O)NC[C@](O)(c2cc3c(c(-c4ccc(Cl)c(F)c4)n2)OC[C@]3(C)C(N)=O)C2CCC2)cc2cc(C3CC3)nn12. The molecule has 2 atom stereocenters. The van der Waals surface area contributed by atoms with E-state index in [1.807, 2.05) is 6.07 Å². The van der Waals surface area contributed by atoms with Gasteiger partial charge >= 0.3 is 0 Å². The van der Waals surface area contributed by atoms with E-state index in [1.54, 1.807) is 35.7 Å². The number of nitrogens with one attached hydrogen (secondary N) is 1. The number of primary amides is 1. The number of carbonyl (C=O) groups excluding carboxylic acids is 2. The van der Waals surface area contributed by atoms with Crippen molar-refractivity contribution in [1.29, 1.82) is 0 Å². The van der Waals surface area contributed by atoms with Gasteiger partial charge in [-0.3, -0.25) is 9.59 Å². The van der Waals surface area contributed by atoms with Crippen LogP contribution in [0.2, 0.25) is 5.02 Å². The van der Waals surface area contributed by atoms with Crippen LogP contribution in [0.4, 0.5) is 4.39 Å². The van der Waals surface area contributed by atoms with E-state index in [2.05, 4.69) is 10.4 Å². The van der Waals surface area contributed by atoms with E-state index in [1.165, 1.54) is 19.2 Å². The van der Waals surface area contributed by atoms with Crippen molar-refractivity contribution in [3.63, 3.8) is 0 Å². The van der Waals surface area contributed by atoms with Gasteiger partial charge in [-0.05, 0) is 68.9 Å². The van der Waals surface area contributed by atoms with Gasteiger partial charge in [-0.1, -0.05) is 24.1 Å². The number of halogens is 2. The molecule has 0 bridgehead atoms. The molecule has 2 fully saturated rings. The lowest BCUT2D eigenvalue weighted by molar-refractivity contribution is -0.123. The lowest BCUT2D eigenvalue weighted by Gasteiger charge is -2.41. The van der Waals surface area contributed by atoms with Gasteiger partial charge in [0.05, 0.1) is 35.6 Å². The zero-order valence-electron chi connectivity index (χ0n) is 24.9. The number of hydrogen-bond acceptors (Lipinski definition) is 7. The van der Waals surface area contributed by atoms with Crippen molar-refractivity contribution in [3.8, 4) is 22.9 Å². The first kappa shape index (κ1) is 29.5. The van der Waals surface area contributed by atoms with Crippen LogP contribution in [0.15, 0.2) is 42.5 Å². The summed E-state index contributed by atoms with van der Waals surface area (Å²) in [5.41, 5.74) is 6.33. The van der Waals surface area contributed by atoms with Crippen LogP contribution >= 0.6 is 11.6 Å². The van der Waals surface area contributed by atoms with Crippen LogP contribution in [0.3, 0.4) is 0 Å². The molecule has 1 aromatic carbocycles. The number of hydrogen-bond donors (Lipinski definition) is 3. The molecule has 3 aliphatic rings. The summed E-state index contributed by atoms with van der Waals surface area (Å²) in [6, 6.07) is 11.2. The number of methoxy groups -OCH3 is 1. The third kappa shape index (κ3) is 4.89. The van der Waals surface area contributed by atoms with E-state index in [4.69, 9.17) is 31.8 Å². The molecule has 4 aromatic rings. The van der Waals surface area contributed by atoms with Crippen molar-refractivity contribution in [2.75, 3.05) is 20.3 Å². The average Bonchev–Trinajstić information content (AvgIpc) is 3.66. The molecule has 0 saturated heterocycles. The fourth-order valence-electron chi connectivity index (χ4n) is 6.24. The molecule has 3 aromatic heterocycles. The molecule has 1 aliphatic heterocycles. The summed E-state index contributed by atoms with van der Waals surface area (Å²) in [5.74, 6) is -0.760. The Hall–Kier alpha value is -4.22. The minimum Gasteiger partial charge on any atom is -0.489 e. The second-order valence-corrected chi connectivity index (χ2v) is 13.0. The van der Waals surface area contributed by atoms with Crippen molar-refractivity contribution in [2.45, 2.75) is 56.0 Å². The highest BCUT2D eigenvalue weighted by atomic mass is 35.5. The second-order valence-electron chi connectivity index (χ2n) is 12.5. The average molecular weight is 634 g/mol. The summed E-state index contributed by atoms with van der Waals surface area (Å²) in [5, 5.41) is 19.9. The normalized spacial score (nSPS) is 20.6. The summed E-state index contributed by atoms with van der Waals surface area (Å²) in [6.45, 7) is 1.47. The molecule has 12 heteroatoms. The minimum atomic E-state index is -1.62. The number of amides is 2. The number of nitrogens with two attached hydrogens (primary N) is 1. The van der Waals surface area contributed by atoms with Gasteiger partial charge in [-0.2, -0.15) is 5.10 Å². The zero-order valence-corrected chi connectivity index (χ0v) is 25.7. The Kier molecular flexibility index (Phi) is 7.01. The number of aliphatic hydroxyl groups is 1. The molecule has 4 N–H and O–H groups in total. The van der Waals surface area contributed by atoms with Gasteiger partial charge in [0.15, 0.2) is 0 Å². The number of ether oxygens (including phenoxy) is 2. The summed E-state index contributed by atoms with van der Waals surface area (Å²) >= 11 is 5.95. The lowest BCUT2D eigenvalue weighted by atomic mass is 9.70. The Balaban J connectivity index is 1.27. The standard InChI is InChI=1S/C33H33ClFN5O5/c1-32(31(36)42)16-45-29-22(32)14-26(38-28(29)18-8-9-23(34)24(35)11-18)33(43,20-4-3-5-20)15-37-30(41)19-10-21-13-25(17-6-7-17)39-40(21)27(12-19)44-2/h8-14,17,20,43H,3-7,15-16H2,1-2H3,(H2,36,42)(H,37,41)/t32-,33+/m0/s1. The van der Waals surface area contributed by atoms with Crippen LogP contribution in [0, 0.1) is 11.7 Å². The van der Waals surface area contributed by atoms with E-state index < -0.39 is 28.6 Å².